The van der Waals surface area contributed by atoms with Crippen molar-refractivity contribution in [2.24, 2.45) is 28.2 Å². The Morgan fingerprint density at radius 3 is 2.00 bits per heavy atom. The van der Waals surface area contributed by atoms with Crippen molar-refractivity contribution in [1.82, 2.24) is 0 Å². The zero-order valence-electron chi connectivity index (χ0n) is 43.8. The van der Waals surface area contributed by atoms with Crippen molar-refractivity contribution < 1.29 is 45.8 Å². The summed E-state index contributed by atoms with van der Waals surface area (Å²) in [7, 11) is 10.7. The Kier molecular flexibility index (Phi) is 17.8. The van der Waals surface area contributed by atoms with E-state index in [0.29, 0.717) is 26.4 Å². The van der Waals surface area contributed by atoms with Gasteiger partial charge in [-0.15, -0.1) is 11.3 Å². The second kappa shape index (κ2) is 24.4. The zero-order chi connectivity index (χ0) is 54.1. The molecule has 0 aliphatic carbocycles. The van der Waals surface area contributed by atoms with Crippen LogP contribution in [0.5, 0.6) is 5.95 Å². The second-order valence-corrected chi connectivity index (χ2v) is 19.8. The molecule has 7 aromatic heterocycles. The van der Waals surface area contributed by atoms with Gasteiger partial charge < -0.3 is 18.3 Å². The first-order valence-electron chi connectivity index (χ1n) is 23.7. The van der Waals surface area contributed by atoms with Crippen molar-refractivity contribution >= 4 is 51.5 Å². The van der Waals surface area contributed by atoms with Crippen LogP contribution in [0.4, 0.5) is 4.39 Å². The third kappa shape index (κ3) is 12.9. The number of hydrogen-bond acceptors (Lipinski definition) is 7. The molecule has 0 aliphatic rings. The Morgan fingerprint density at radius 2 is 1.35 bits per heavy atom. The maximum atomic E-state index is 13.4. The van der Waals surface area contributed by atoms with E-state index in [1.54, 1.807) is 37.9 Å². The normalized spacial score (nSPS) is 10.6. The number of furan rings is 2. The number of nitriles is 1. The number of halogens is 3. The molecule has 10 aromatic rings. The van der Waals surface area contributed by atoms with Crippen molar-refractivity contribution in [3.8, 4) is 67.5 Å². The van der Waals surface area contributed by atoms with Crippen LogP contribution >= 0.6 is 34.5 Å². The number of methoxy groups -OCH3 is 2. The number of aryl methyl sites for hydroxylation is 9. The van der Waals surface area contributed by atoms with E-state index in [4.69, 9.17) is 46.8 Å². The number of thiophene rings is 1. The summed E-state index contributed by atoms with van der Waals surface area (Å²) >= 11 is 13.6. The fourth-order valence-electron chi connectivity index (χ4n) is 8.59. The molecule has 7 heterocycles. The number of nitrogens with zero attached hydrogens (tertiary/aromatic N) is 5. The predicted molar refractivity (Wildman–Crippen MR) is 294 cm³/mol. The summed E-state index contributed by atoms with van der Waals surface area (Å²) in [6, 6.07) is 41.7. The lowest BCUT2D eigenvalue weighted by Gasteiger charge is -2.06. The lowest BCUT2D eigenvalue weighted by atomic mass is 10.0. The number of carbonyl (C=O) groups is 1. The summed E-state index contributed by atoms with van der Waals surface area (Å²) in [6.45, 7) is 9.86. The summed E-state index contributed by atoms with van der Waals surface area (Å²) in [6.07, 6.45) is 9.21. The molecule has 0 unspecified atom stereocenters. The van der Waals surface area contributed by atoms with E-state index in [2.05, 4.69) is 97.5 Å². The van der Waals surface area contributed by atoms with E-state index in [1.807, 2.05) is 105 Å². The fourth-order valence-corrected chi connectivity index (χ4v) is 10.3. The van der Waals surface area contributed by atoms with E-state index >= 15 is 0 Å². The molecule has 10 nitrogen and oxygen atoms in total. The molecule has 380 valence electrons. The molecule has 0 atom stereocenters. The maximum Gasteiger partial charge on any atom is 0.338 e. The number of rotatable bonds is 7. The van der Waals surface area contributed by atoms with Crippen LogP contribution in [-0.2, 0) is 32.9 Å². The minimum atomic E-state index is -0.348. The number of esters is 1. The third-order valence-corrected chi connectivity index (χ3v) is 14.2. The molecule has 0 aliphatic heterocycles. The smallest absolute Gasteiger partial charge is 0.338 e. The van der Waals surface area contributed by atoms with Gasteiger partial charge in [-0.1, -0.05) is 71.7 Å². The Hall–Kier alpha value is -7.95. The van der Waals surface area contributed by atoms with Crippen LogP contribution in [0.1, 0.15) is 43.2 Å². The minimum Gasteiger partial charge on any atom is -0.468 e. The van der Waals surface area contributed by atoms with Crippen LogP contribution in [-0.4, -0.2) is 20.2 Å². The van der Waals surface area contributed by atoms with Gasteiger partial charge in [0.25, 0.3) is 5.95 Å². The zero-order valence-corrected chi connectivity index (χ0v) is 46.1. The Labute approximate surface area is 451 Å². The van der Waals surface area contributed by atoms with E-state index in [0.717, 1.165) is 66.5 Å². The molecule has 10 rings (SSSR count). The highest BCUT2D eigenvalue weighted by Crippen LogP contribution is 2.34. The average molecular weight is 1060 g/mol. The Balaban J connectivity index is 0.000000146. The largest absolute Gasteiger partial charge is 0.468 e. The van der Waals surface area contributed by atoms with Crippen molar-refractivity contribution in [3.05, 3.63) is 207 Å². The van der Waals surface area contributed by atoms with Gasteiger partial charge in [0.2, 0.25) is 22.8 Å². The number of hydrogen-bond donors (Lipinski definition) is 0. The first-order valence-corrected chi connectivity index (χ1v) is 25.3. The number of carbonyl (C=O) groups excluding carboxylic acids is 1. The first kappa shape index (κ1) is 54.8. The van der Waals surface area contributed by atoms with Crippen molar-refractivity contribution in [2.45, 2.75) is 34.6 Å². The van der Waals surface area contributed by atoms with E-state index < -0.39 is 0 Å². The number of pyridine rings is 4. The molecule has 14 heteroatoms. The molecule has 0 saturated carbocycles. The highest BCUT2D eigenvalue weighted by atomic mass is 35.5. The molecular weight excluding hydrogens is 1000 g/mol. The molecule has 0 radical (unpaired) electrons. The van der Waals surface area contributed by atoms with Gasteiger partial charge in [0.05, 0.1) is 37.2 Å². The van der Waals surface area contributed by atoms with Gasteiger partial charge in [-0.3, -0.25) is 0 Å². The summed E-state index contributed by atoms with van der Waals surface area (Å²) < 4.78 is 42.0. The number of fused-ring (bicyclic) bond motifs is 1. The molecule has 0 fully saturated rings. The van der Waals surface area contributed by atoms with Crippen LogP contribution in [0.3, 0.4) is 0 Å². The monoisotopic (exact) mass is 1060 g/mol. The highest BCUT2D eigenvalue weighted by molar-refractivity contribution is 7.16. The molecule has 0 bridgehead atoms. The number of ether oxygens (including phenoxy) is 2. The van der Waals surface area contributed by atoms with Crippen LogP contribution < -0.4 is 23.0 Å². The summed E-state index contributed by atoms with van der Waals surface area (Å²) in [5.41, 5.74) is 15.2. The summed E-state index contributed by atoms with van der Waals surface area (Å²) in [4.78, 5) is 13.5. The Bertz CT molecular complexity index is 3710. The van der Waals surface area contributed by atoms with Gasteiger partial charge in [0.15, 0.2) is 24.8 Å². The van der Waals surface area contributed by atoms with E-state index in [-0.39, 0.29) is 11.8 Å². The van der Waals surface area contributed by atoms with Crippen molar-refractivity contribution in [2.75, 3.05) is 14.2 Å². The van der Waals surface area contributed by atoms with Gasteiger partial charge in [-0.25, -0.2) is 22.9 Å². The first-order chi connectivity index (χ1) is 35.9. The lowest BCUT2D eigenvalue weighted by Crippen LogP contribution is -2.32. The maximum absolute atomic E-state index is 13.4. The van der Waals surface area contributed by atoms with Crippen molar-refractivity contribution in [3.63, 3.8) is 0 Å². The molecule has 0 saturated heterocycles. The van der Waals surface area contributed by atoms with E-state index in [9.17, 15) is 9.18 Å². The minimum absolute atomic E-state index is 0.227. The summed E-state index contributed by atoms with van der Waals surface area (Å²) in [5, 5.41) is 11.2. The van der Waals surface area contributed by atoms with Crippen LogP contribution in [0.15, 0.2) is 161 Å². The van der Waals surface area contributed by atoms with Crippen LogP contribution in [0, 0.1) is 51.8 Å². The van der Waals surface area contributed by atoms with Gasteiger partial charge >= 0.3 is 5.97 Å². The molecular formula is C61H58Cl2FN5O5S+4. The third-order valence-electron chi connectivity index (χ3n) is 12.5. The summed E-state index contributed by atoms with van der Waals surface area (Å²) in [5.74, 6) is 0.638. The number of benzene rings is 3. The average Bonchev–Trinajstić information content (AvgIpc) is 4.13. The number of aromatic nitrogens is 4. The molecule has 0 spiro atoms. The molecule has 75 heavy (non-hydrogen) atoms. The second-order valence-electron chi connectivity index (χ2n) is 17.9. The molecule has 3 aromatic carbocycles. The molecule has 0 amide bonds. The quantitative estimate of drug-likeness (QED) is 0.116. The standard InChI is InChI=1S/C19H18N.C15H13FNO.C15H15N2O2S.C12H12Cl2NO2/c1-15-8-6-7-11-18(15)19-14-17(12-13-20(19)2)16-9-4-3-5-10-16;1-10-7-15-11(4-6-18-15)8-13(10)14-9-12(16)3-5-17(14)2;1-9-5-11(7-16)20-14(9)13-6-12(15(18)19-4)10(2)8-17(13)3;1-7-9(5-11(16-3)17-7)12-10(14)4-8(13)6-15(12)2/h3-14H,1-2H3;3-9H,1-2H3;5-6,8H,1-4H3;4-6H,1-3H3/q4*+1. The Morgan fingerprint density at radius 1 is 0.653 bits per heavy atom. The van der Waals surface area contributed by atoms with Crippen LogP contribution in [0.25, 0.3) is 66.4 Å². The van der Waals surface area contributed by atoms with Gasteiger partial charge in [-0.2, -0.15) is 9.83 Å². The van der Waals surface area contributed by atoms with Gasteiger partial charge in [-0.05, 0) is 98.8 Å². The van der Waals surface area contributed by atoms with Gasteiger partial charge in [0, 0.05) is 52.9 Å². The van der Waals surface area contributed by atoms with Crippen LogP contribution in [0.2, 0.25) is 10.0 Å². The molecule has 0 N–H and O–H groups in total. The SMILES string of the molecule is COC(=O)c1cc(-c2sc(C#N)cc2C)[n+](C)cc1C.COc1cc(-c2c(Cl)cc(Cl)c[n+]2C)c(C)o1.Cc1cc2occc2cc1-c1cc(F)cc[n+]1C.Cc1ccccc1-c1cc(-c2ccccc2)cc[n+]1C. The fraction of sp³-hybridized carbons (Fsp3) is 0.180. The van der Waals surface area contributed by atoms with E-state index in [1.165, 1.54) is 52.5 Å². The lowest BCUT2D eigenvalue weighted by molar-refractivity contribution is -0.660. The topological polar surface area (TPSA) is 101 Å². The highest BCUT2D eigenvalue weighted by Gasteiger charge is 2.24. The predicted octanol–water partition coefficient (Wildman–Crippen LogP) is 13.4. The van der Waals surface area contributed by atoms with Crippen molar-refractivity contribution in [1.29, 1.82) is 5.26 Å². The van der Waals surface area contributed by atoms with Gasteiger partial charge in [0.1, 0.15) is 71.2 Å².